The second-order valence-electron chi connectivity index (χ2n) is 10.6. The van der Waals surface area contributed by atoms with Crippen molar-refractivity contribution in [3.63, 3.8) is 0 Å². The number of rotatable bonds is 4. The van der Waals surface area contributed by atoms with Crippen LogP contribution < -0.4 is 21.3 Å². The molecule has 4 amide bonds. The van der Waals surface area contributed by atoms with E-state index in [-0.39, 0.29) is 42.1 Å². The first kappa shape index (κ1) is 31.4. The molecule has 0 saturated heterocycles. The fraction of sp³-hybridized carbons (Fsp3) is 0.423. The maximum atomic E-state index is 14.0. The maximum Gasteiger partial charge on any atom is 0.325 e. The van der Waals surface area contributed by atoms with E-state index in [0.29, 0.717) is 11.3 Å². The number of aliphatic hydroxyl groups excluding tert-OH is 2. The Bertz CT molecular complexity index is 1450. The summed E-state index contributed by atoms with van der Waals surface area (Å²) in [5.41, 5.74) is 1.86. The predicted molar refractivity (Wildman–Crippen MR) is 149 cm³/mol. The zero-order valence-corrected chi connectivity index (χ0v) is 23.8. The first-order chi connectivity index (χ1) is 18.5. The Morgan fingerprint density at radius 1 is 1.10 bits per heavy atom. The molecular weight excluding hydrogens is 562 g/mol. The van der Waals surface area contributed by atoms with Crippen LogP contribution in [-0.4, -0.2) is 94.6 Å². The summed E-state index contributed by atoms with van der Waals surface area (Å²) in [5, 5.41) is 49.5. The Labute approximate surface area is 240 Å². The van der Waals surface area contributed by atoms with E-state index in [9.17, 15) is 44.4 Å². The highest BCUT2D eigenvalue weighted by Crippen LogP contribution is 2.54. The van der Waals surface area contributed by atoms with Gasteiger partial charge in [-0.1, -0.05) is 0 Å². The molecule has 14 nitrogen and oxygen atoms in total. The van der Waals surface area contributed by atoms with E-state index in [1.807, 2.05) is 5.32 Å². The lowest BCUT2D eigenvalue weighted by Crippen LogP contribution is -2.65. The molecule has 41 heavy (non-hydrogen) atoms. The molecule has 0 unspecified atom stereocenters. The van der Waals surface area contributed by atoms with Crippen molar-refractivity contribution in [3.05, 3.63) is 34.1 Å². The van der Waals surface area contributed by atoms with Gasteiger partial charge in [-0.05, 0) is 44.5 Å². The van der Waals surface area contributed by atoms with E-state index in [1.54, 1.807) is 19.0 Å². The van der Waals surface area contributed by atoms with E-state index < -0.39 is 75.7 Å². The largest absolute Gasteiger partial charge is 0.508 e. The van der Waals surface area contributed by atoms with Gasteiger partial charge in [-0.2, -0.15) is 0 Å². The Balaban J connectivity index is 0.00000462. The molecule has 4 rings (SSSR count). The summed E-state index contributed by atoms with van der Waals surface area (Å²) in [5.74, 6) is -8.40. The van der Waals surface area contributed by atoms with Gasteiger partial charge in [-0.3, -0.25) is 29.4 Å². The van der Waals surface area contributed by atoms with Gasteiger partial charge in [0.2, 0.25) is 11.7 Å². The molecule has 1 saturated carbocycles. The molecule has 1 fully saturated rings. The summed E-state index contributed by atoms with van der Waals surface area (Å²) in [6, 6.07) is -0.700. The number of aromatic hydroxyl groups is 1. The number of benzene rings is 1. The third-order valence-corrected chi connectivity index (χ3v) is 7.72. The second kappa shape index (κ2) is 10.7. The number of phenols is 1. The van der Waals surface area contributed by atoms with Crippen LogP contribution in [0.1, 0.15) is 24.5 Å². The highest BCUT2D eigenvalue weighted by molar-refractivity contribution is 6.24. The molecule has 8 N–H and O–H groups in total. The summed E-state index contributed by atoms with van der Waals surface area (Å²) in [6.07, 6.45) is 0.0238. The standard InChI is InChI=1S/C26H31N5O9.ClH/c1-9(32)28-25(39)29-13-8-14(30(2)3)11-6-10-7-12-18(31(4)5)21(35)17(24(27)38)23(37)26(12,40)22(36)15(10)20(34)16(11)19(13)33;/h8,10,12,18,33-34,37,40H,6-7H2,1-5H3,(H2,27,38)(H2,28,29,32,39);1H/t10-,12-,18-,26-;/m0./s1. The zero-order chi connectivity index (χ0) is 30.0. The number of Topliss-reactive ketones (excluding diaryl/α,β-unsaturated/α-hetero) is 2. The highest BCUT2D eigenvalue weighted by atomic mass is 35.5. The van der Waals surface area contributed by atoms with Crippen LogP contribution in [0.15, 0.2) is 23.0 Å². The monoisotopic (exact) mass is 593 g/mol. The lowest BCUT2D eigenvalue weighted by atomic mass is 9.57. The normalized spacial score (nSPS) is 25.1. The Morgan fingerprint density at radius 3 is 2.22 bits per heavy atom. The Kier molecular flexibility index (Phi) is 8.18. The van der Waals surface area contributed by atoms with E-state index in [1.165, 1.54) is 25.1 Å². The minimum Gasteiger partial charge on any atom is -0.508 e. The molecular formula is C26H32ClN5O9. The van der Waals surface area contributed by atoms with Crippen molar-refractivity contribution in [2.75, 3.05) is 38.4 Å². The fourth-order valence-corrected chi connectivity index (χ4v) is 6.10. The zero-order valence-electron chi connectivity index (χ0n) is 22.9. The number of nitrogens with two attached hydrogens (primary N) is 1. The third-order valence-electron chi connectivity index (χ3n) is 7.72. The number of phenolic OH excluding ortho intramolecular Hbond substituents is 1. The van der Waals surface area contributed by atoms with Crippen LogP contribution >= 0.6 is 12.4 Å². The van der Waals surface area contributed by atoms with Crippen molar-refractivity contribution < 1.29 is 44.4 Å². The van der Waals surface area contributed by atoms with Gasteiger partial charge in [0.05, 0.1) is 17.3 Å². The molecule has 4 atom stereocenters. The average molecular weight is 594 g/mol. The lowest BCUT2D eigenvalue weighted by molar-refractivity contribution is -0.153. The molecule has 0 heterocycles. The van der Waals surface area contributed by atoms with Crippen molar-refractivity contribution in [1.29, 1.82) is 0 Å². The molecule has 0 bridgehead atoms. The number of carbonyl (C=O) groups is 5. The highest BCUT2D eigenvalue weighted by Gasteiger charge is 2.64. The van der Waals surface area contributed by atoms with Gasteiger partial charge in [0.1, 0.15) is 17.1 Å². The van der Waals surface area contributed by atoms with Crippen LogP contribution in [0.2, 0.25) is 0 Å². The smallest absolute Gasteiger partial charge is 0.325 e. The topological polar surface area (TPSA) is 223 Å². The molecule has 3 aliphatic rings. The molecule has 222 valence electrons. The first-order valence-corrected chi connectivity index (χ1v) is 12.3. The molecule has 0 aliphatic heterocycles. The second-order valence-corrected chi connectivity index (χ2v) is 10.6. The summed E-state index contributed by atoms with van der Waals surface area (Å²) < 4.78 is 0. The minimum absolute atomic E-state index is 0. The predicted octanol–water partition coefficient (Wildman–Crippen LogP) is 0.120. The van der Waals surface area contributed by atoms with Crippen LogP contribution in [0.5, 0.6) is 5.75 Å². The van der Waals surface area contributed by atoms with Crippen LogP contribution in [0.25, 0.3) is 5.76 Å². The van der Waals surface area contributed by atoms with Gasteiger partial charge < -0.3 is 36.4 Å². The summed E-state index contributed by atoms with van der Waals surface area (Å²) in [6.45, 7) is 1.12. The number of nitrogens with zero attached hydrogens (tertiary/aromatic N) is 2. The molecule has 0 radical (unpaired) electrons. The summed E-state index contributed by atoms with van der Waals surface area (Å²) in [4.78, 5) is 65.8. The number of carbonyl (C=O) groups excluding carboxylic acids is 5. The SMILES string of the molecule is CC(=O)NC(=O)Nc1cc(N(C)C)c2c(c1O)C(O)=C1C(=O)[C@]3(O)C(O)=C(C(N)=O)C(=O)[C@@H](N(C)C)[C@@H]3C[C@@H]1C2.Cl. The Morgan fingerprint density at radius 2 is 1.71 bits per heavy atom. The molecule has 0 aromatic heterocycles. The van der Waals surface area contributed by atoms with Crippen LogP contribution in [0.3, 0.4) is 0 Å². The number of fused-ring (bicyclic) bond motifs is 3. The van der Waals surface area contributed by atoms with Crippen molar-refractivity contribution in [3.8, 4) is 5.75 Å². The fourth-order valence-electron chi connectivity index (χ4n) is 6.10. The van der Waals surface area contributed by atoms with E-state index in [4.69, 9.17) is 5.73 Å². The van der Waals surface area contributed by atoms with Gasteiger partial charge in [0.15, 0.2) is 17.1 Å². The van der Waals surface area contributed by atoms with Gasteiger partial charge in [0.25, 0.3) is 5.91 Å². The molecule has 15 heteroatoms. The maximum absolute atomic E-state index is 14.0. The number of hydrogen-bond acceptors (Lipinski definition) is 11. The van der Waals surface area contributed by atoms with Crippen LogP contribution in [0.4, 0.5) is 16.2 Å². The number of imide groups is 1. The minimum atomic E-state index is -2.76. The van der Waals surface area contributed by atoms with Gasteiger partial charge >= 0.3 is 6.03 Å². The number of halogens is 1. The van der Waals surface area contributed by atoms with Crippen LogP contribution in [-0.2, 0) is 25.6 Å². The van der Waals surface area contributed by atoms with Crippen molar-refractivity contribution in [1.82, 2.24) is 10.2 Å². The van der Waals surface area contributed by atoms with E-state index in [0.717, 1.165) is 6.92 Å². The van der Waals surface area contributed by atoms with Crippen LogP contribution in [0, 0.1) is 11.8 Å². The summed E-state index contributed by atoms with van der Waals surface area (Å²) >= 11 is 0. The molecule has 0 spiro atoms. The number of anilines is 2. The molecule has 3 aliphatic carbocycles. The number of primary amides is 1. The number of ketones is 2. The average Bonchev–Trinajstić information content (AvgIpc) is 2.81. The number of aliphatic hydroxyl groups is 3. The summed E-state index contributed by atoms with van der Waals surface area (Å²) in [7, 11) is 6.41. The Hall–Kier alpha value is -4.14. The molecule has 1 aromatic carbocycles. The van der Waals surface area contributed by atoms with Gasteiger partial charge in [0, 0.05) is 38.2 Å². The number of likely N-dealkylation sites (N-methyl/N-ethyl adjacent to an activating group) is 1. The lowest BCUT2D eigenvalue weighted by Gasteiger charge is -2.50. The first-order valence-electron chi connectivity index (χ1n) is 12.3. The van der Waals surface area contributed by atoms with Gasteiger partial charge in [-0.15, -0.1) is 12.4 Å². The van der Waals surface area contributed by atoms with Crippen molar-refractivity contribution >= 4 is 59.0 Å². The number of nitrogens with one attached hydrogen (secondary N) is 2. The van der Waals surface area contributed by atoms with Crippen molar-refractivity contribution in [2.45, 2.75) is 31.4 Å². The number of hydrogen-bond donors (Lipinski definition) is 7. The number of amides is 4. The number of urea groups is 1. The van der Waals surface area contributed by atoms with Gasteiger partial charge in [-0.25, -0.2) is 4.79 Å². The third kappa shape index (κ3) is 4.67. The quantitative estimate of drug-likeness (QED) is 0.183. The molecule has 1 aromatic rings. The van der Waals surface area contributed by atoms with Crippen molar-refractivity contribution in [2.24, 2.45) is 17.6 Å². The van der Waals surface area contributed by atoms with E-state index >= 15 is 0 Å². The van der Waals surface area contributed by atoms with E-state index in [2.05, 4.69) is 5.32 Å².